The second-order valence-electron chi connectivity index (χ2n) is 7.70. The minimum absolute atomic E-state index is 0.0304. The summed E-state index contributed by atoms with van der Waals surface area (Å²) >= 11 is 0. The molecule has 214 valence electrons. The summed E-state index contributed by atoms with van der Waals surface area (Å²) in [5.74, 6) is -37.6. The van der Waals surface area contributed by atoms with Crippen LogP contribution in [-0.2, 0) is 0 Å². The fraction of sp³-hybridized carbons (Fsp3) is 0.476. The average Bonchev–Trinajstić information content (AvgIpc) is 2.79. The third-order valence-corrected chi connectivity index (χ3v) is 5.05. The molecule has 0 unspecified atom stereocenters. The Labute approximate surface area is 204 Å². The summed E-state index contributed by atoms with van der Waals surface area (Å²) in [6.07, 6.45) is -8.13. The summed E-state index contributed by atoms with van der Waals surface area (Å²) in [5.41, 5.74) is -0.496. The lowest BCUT2D eigenvalue weighted by molar-refractivity contribution is -0.440. The number of pyridine rings is 1. The quantitative estimate of drug-likeness (QED) is 0.164. The second-order valence-corrected chi connectivity index (χ2v) is 7.70. The van der Waals surface area contributed by atoms with E-state index in [0.717, 1.165) is 29.0 Å². The van der Waals surface area contributed by atoms with E-state index in [0.29, 0.717) is 6.42 Å². The van der Waals surface area contributed by atoms with Crippen molar-refractivity contribution >= 4 is 10.9 Å². The molecule has 1 aromatic carbocycles. The topological polar surface area (TPSA) is 40.5 Å². The van der Waals surface area contributed by atoms with Crippen molar-refractivity contribution in [3.8, 4) is 5.75 Å². The summed E-state index contributed by atoms with van der Waals surface area (Å²) < 4.78 is 177. The molecule has 0 radical (unpaired) electrons. The molecule has 1 aromatic heterocycles. The molecule has 0 aliphatic carbocycles. The van der Waals surface area contributed by atoms with E-state index in [9.17, 15) is 61.9 Å². The number of hydrogen-bond acceptors (Lipinski definition) is 3. The number of ether oxygens (including phenoxy) is 1. The largest absolute Gasteiger partial charge is 0.493 e. The first-order chi connectivity index (χ1) is 17.2. The first kappa shape index (κ1) is 31.1. The van der Waals surface area contributed by atoms with E-state index >= 15 is 0 Å². The van der Waals surface area contributed by atoms with Gasteiger partial charge < -0.3 is 9.57 Å². The van der Waals surface area contributed by atoms with E-state index < -0.39 is 54.4 Å². The molecule has 0 aliphatic rings. The fourth-order valence-electron chi connectivity index (χ4n) is 2.90. The maximum Gasteiger partial charge on any atom is 0.460 e. The Bertz CT molecular complexity index is 1210. The number of rotatable bonds is 12. The van der Waals surface area contributed by atoms with E-state index in [1.54, 1.807) is 0 Å². The van der Waals surface area contributed by atoms with Crippen molar-refractivity contribution in [2.45, 2.75) is 48.6 Å². The van der Waals surface area contributed by atoms with Gasteiger partial charge in [-0.3, -0.25) is 4.79 Å². The van der Waals surface area contributed by atoms with Gasteiger partial charge in [-0.25, -0.2) is 0 Å². The van der Waals surface area contributed by atoms with E-state index in [-0.39, 0.29) is 23.3 Å². The third-order valence-electron chi connectivity index (χ3n) is 5.05. The predicted octanol–water partition coefficient (Wildman–Crippen LogP) is 6.51. The molecule has 0 spiro atoms. The normalized spacial score (nSPS) is 14.0. The Balaban J connectivity index is 2.23. The molecule has 1 heterocycles. The van der Waals surface area contributed by atoms with Crippen molar-refractivity contribution < 1.29 is 66.6 Å². The van der Waals surface area contributed by atoms with Crippen LogP contribution in [0.5, 0.6) is 5.75 Å². The molecular formula is C21H16F13NO3. The Morgan fingerprint density at radius 2 is 1.34 bits per heavy atom. The zero-order valence-electron chi connectivity index (χ0n) is 18.6. The van der Waals surface area contributed by atoms with E-state index in [1.807, 2.05) is 0 Å². The Morgan fingerprint density at radius 3 is 1.89 bits per heavy atom. The van der Waals surface area contributed by atoms with Crippen LogP contribution in [0.1, 0.15) is 12.8 Å². The van der Waals surface area contributed by atoms with Crippen molar-refractivity contribution in [2.75, 3.05) is 13.2 Å². The van der Waals surface area contributed by atoms with Gasteiger partial charge in [0, 0.05) is 17.9 Å². The Hall–Kier alpha value is -3.14. The van der Waals surface area contributed by atoms with Crippen LogP contribution in [0.4, 0.5) is 57.1 Å². The number of aromatic nitrogens is 1. The first-order valence-corrected chi connectivity index (χ1v) is 10.1. The molecular weight excluding hydrogens is 561 g/mol. The number of benzene rings is 1. The zero-order chi connectivity index (χ0) is 29.4. The van der Waals surface area contributed by atoms with Gasteiger partial charge in [0.05, 0.1) is 18.5 Å². The Morgan fingerprint density at radius 1 is 0.763 bits per heavy atom. The molecule has 0 bridgehead atoms. The predicted molar refractivity (Wildman–Crippen MR) is 105 cm³/mol. The van der Waals surface area contributed by atoms with Gasteiger partial charge in [-0.05, 0) is 24.3 Å². The fourth-order valence-corrected chi connectivity index (χ4v) is 2.90. The lowest BCUT2D eigenvalue weighted by Crippen LogP contribution is -2.70. The Kier molecular flexibility index (Phi) is 8.35. The lowest BCUT2D eigenvalue weighted by Gasteiger charge is -2.39. The molecule has 17 heteroatoms. The van der Waals surface area contributed by atoms with Crippen LogP contribution < -0.4 is 15.1 Å². The van der Waals surface area contributed by atoms with Crippen LogP contribution in [0.3, 0.4) is 0 Å². The van der Waals surface area contributed by atoms with Crippen molar-refractivity contribution in [3.05, 3.63) is 53.3 Å². The summed E-state index contributed by atoms with van der Waals surface area (Å²) in [7, 11) is 0. The highest BCUT2D eigenvalue weighted by atomic mass is 19.4. The lowest BCUT2D eigenvalue weighted by atomic mass is 9.93. The molecule has 0 atom stereocenters. The summed E-state index contributed by atoms with van der Waals surface area (Å²) in [6, 6.07) is 5.45. The second kappa shape index (κ2) is 10.2. The van der Waals surface area contributed by atoms with Gasteiger partial charge in [-0.2, -0.15) is 57.1 Å². The SMILES string of the molecule is C=CCCOn1c(=O)ccc2cc(OCCC(F)(F)C(F)(F)C(F)(F)C(F)(F)C(F)(F)C(F)(F)F)ccc21. The maximum absolute atomic E-state index is 13.9. The highest BCUT2D eigenvalue weighted by Crippen LogP contribution is 2.60. The number of fused-ring (bicyclic) bond motifs is 1. The molecule has 2 rings (SSSR count). The van der Waals surface area contributed by atoms with Crippen LogP contribution in [0.15, 0.2) is 47.8 Å². The minimum atomic E-state index is -7.95. The van der Waals surface area contributed by atoms with Gasteiger partial charge >= 0.3 is 35.8 Å². The van der Waals surface area contributed by atoms with Crippen LogP contribution >= 0.6 is 0 Å². The molecule has 2 aromatic rings. The van der Waals surface area contributed by atoms with Crippen LogP contribution in [0.25, 0.3) is 10.9 Å². The van der Waals surface area contributed by atoms with Gasteiger partial charge in [0.25, 0.3) is 5.56 Å². The van der Waals surface area contributed by atoms with Crippen LogP contribution in [0.2, 0.25) is 0 Å². The molecule has 0 N–H and O–H groups in total. The molecule has 0 aliphatic heterocycles. The van der Waals surface area contributed by atoms with Gasteiger partial charge in [0.1, 0.15) is 12.4 Å². The number of alkyl halides is 13. The number of hydrogen-bond donors (Lipinski definition) is 0. The van der Waals surface area contributed by atoms with Crippen LogP contribution in [0, 0.1) is 0 Å². The summed E-state index contributed by atoms with van der Waals surface area (Å²) in [5, 5.41) is 0.165. The summed E-state index contributed by atoms with van der Waals surface area (Å²) in [4.78, 5) is 17.2. The number of halogens is 13. The van der Waals surface area contributed by atoms with Gasteiger partial charge in [0.15, 0.2) is 0 Å². The van der Waals surface area contributed by atoms with Crippen LogP contribution in [-0.4, -0.2) is 53.7 Å². The van der Waals surface area contributed by atoms with E-state index in [1.165, 1.54) is 12.1 Å². The smallest absolute Gasteiger partial charge is 0.460 e. The zero-order valence-corrected chi connectivity index (χ0v) is 18.6. The van der Waals surface area contributed by atoms with Crippen molar-refractivity contribution in [2.24, 2.45) is 0 Å². The van der Waals surface area contributed by atoms with Crippen molar-refractivity contribution in [1.82, 2.24) is 4.73 Å². The minimum Gasteiger partial charge on any atom is -0.493 e. The van der Waals surface area contributed by atoms with E-state index in [4.69, 9.17) is 9.57 Å². The van der Waals surface area contributed by atoms with Crippen molar-refractivity contribution in [3.63, 3.8) is 0 Å². The monoisotopic (exact) mass is 577 g/mol. The molecule has 38 heavy (non-hydrogen) atoms. The molecule has 0 fully saturated rings. The van der Waals surface area contributed by atoms with Gasteiger partial charge in [0.2, 0.25) is 0 Å². The molecule has 4 nitrogen and oxygen atoms in total. The standard InChI is InChI=1S/C21H16F13NO3/c1-2-3-9-38-35-14-6-5-13(11-12(14)4-7-15(35)36)37-10-8-16(22,23)17(24,25)18(26,27)19(28,29)20(30,31)21(32,33)34/h2,4-7,11H,1,3,8-10H2. The highest BCUT2D eigenvalue weighted by molar-refractivity contribution is 5.80. The average molecular weight is 577 g/mol. The van der Waals surface area contributed by atoms with Gasteiger partial charge in [-0.1, -0.05) is 6.08 Å². The van der Waals surface area contributed by atoms with Gasteiger partial charge in [-0.15, -0.1) is 11.3 Å². The highest BCUT2D eigenvalue weighted by Gasteiger charge is 2.90. The van der Waals surface area contributed by atoms with Crippen molar-refractivity contribution in [1.29, 1.82) is 0 Å². The summed E-state index contributed by atoms with van der Waals surface area (Å²) in [6.45, 7) is 1.89. The maximum atomic E-state index is 13.9. The molecule has 0 amide bonds. The van der Waals surface area contributed by atoms with E-state index in [2.05, 4.69) is 6.58 Å². The number of nitrogens with zero attached hydrogens (tertiary/aromatic N) is 1. The molecule has 0 saturated carbocycles. The third kappa shape index (κ3) is 5.23. The first-order valence-electron chi connectivity index (χ1n) is 10.1. The molecule has 0 saturated heterocycles.